The summed E-state index contributed by atoms with van der Waals surface area (Å²) in [5.74, 6) is 0.967. The Morgan fingerprint density at radius 2 is 2.19 bits per heavy atom. The van der Waals surface area contributed by atoms with E-state index in [1.807, 2.05) is 0 Å². The van der Waals surface area contributed by atoms with Gasteiger partial charge in [0.2, 0.25) is 0 Å². The molecule has 0 unspecified atom stereocenters. The van der Waals surface area contributed by atoms with Crippen LogP contribution in [0.25, 0.3) is 0 Å². The fourth-order valence-electron chi connectivity index (χ4n) is 7.22. The molecule has 2 aliphatic heterocycles. The van der Waals surface area contributed by atoms with Crippen molar-refractivity contribution in [2.24, 2.45) is 23.2 Å². The molecule has 0 aromatic rings. The molecule has 27 heavy (non-hydrogen) atoms. The Labute approximate surface area is 163 Å². The molecular weight excluding hydrogens is 338 g/mol. The highest BCUT2D eigenvalue weighted by atomic mass is 16.6. The third kappa shape index (κ3) is 2.73. The molecule has 2 saturated carbocycles. The third-order valence-electron chi connectivity index (χ3n) is 8.67. The van der Waals surface area contributed by atoms with Crippen molar-refractivity contribution in [2.45, 2.75) is 89.4 Å². The van der Waals surface area contributed by atoms with E-state index in [9.17, 15) is 4.79 Å². The van der Waals surface area contributed by atoms with Gasteiger partial charge in [-0.3, -0.25) is 4.79 Å². The van der Waals surface area contributed by atoms with E-state index in [4.69, 9.17) is 9.47 Å². The van der Waals surface area contributed by atoms with E-state index in [0.29, 0.717) is 5.92 Å². The first kappa shape index (κ1) is 18.2. The first-order valence-corrected chi connectivity index (χ1v) is 11.4. The average molecular weight is 375 g/mol. The summed E-state index contributed by atoms with van der Waals surface area (Å²) in [5.41, 5.74) is 1.85. The normalized spacial score (nSPS) is 48.1. The maximum absolute atomic E-state index is 12.7. The highest BCUT2D eigenvalue weighted by molar-refractivity contribution is 5.76. The fraction of sp³-hybridized carbons (Fsp3) is 0.870. The van der Waals surface area contributed by atoms with Crippen molar-refractivity contribution in [3.8, 4) is 0 Å². The molecule has 0 amide bonds. The predicted octanol–water partition coefficient (Wildman–Crippen LogP) is 2.97. The minimum atomic E-state index is 0.0263. The van der Waals surface area contributed by atoms with Crippen LogP contribution < -0.4 is 5.32 Å². The van der Waals surface area contributed by atoms with Gasteiger partial charge >= 0.3 is 5.97 Å². The molecular formula is C23H36NO3+. The lowest BCUT2D eigenvalue weighted by molar-refractivity contribution is -0.658. The zero-order chi connectivity index (χ0) is 18.6. The molecule has 2 saturated heterocycles. The summed E-state index contributed by atoms with van der Waals surface area (Å²) in [7, 11) is 0. The highest BCUT2D eigenvalue weighted by Gasteiger charge is 2.78. The van der Waals surface area contributed by atoms with Crippen molar-refractivity contribution in [3.05, 3.63) is 11.6 Å². The molecule has 2 N–H and O–H groups in total. The summed E-state index contributed by atoms with van der Waals surface area (Å²) in [6, 6.07) is 0. The Morgan fingerprint density at radius 3 is 3.00 bits per heavy atom. The maximum atomic E-state index is 12.7. The van der Waals surface area contributed by atoms with Crippen LogP contribution in [0.4, 0.5) is 0 Å². The Bertz CT molecular complexity index is 646. The molecule has 7 atom stereocenters. The molecule has 3 aliphatic carbocycles. The second kappa shape index (κ2) is 6.59. The van der Waals surface area contributed by atoms with Gasteiger partial charge in [0.05, 0.1) is 19.2 Å². The molecule has 4 heteroatoms. The van der Waals surface area contributed by atoms with E-state index in [0.717, 1.165) is 19.5 Å². The largest absolute Gasteiger partial charge is 0.462 e. The van der Waals surface area contributed by atoms with Crippen LogP contribution >= 0.6 is 0 Å². The number of rotatable bonds is 5. The molecule has 150 valence electrons. The van der Waals surface area contributed by atoms with E-state index in [-0.39, 0.29) is 41.0 Å². The Kier molecular flexibility index (Phi) is 4.43. The smallest absolute Gasteiger partial charge is 0.315 e. The van der Waals surface area contributed by atoms with Gasteiger partial charge in [-0.1, -0.05) is 31.9 Å². The predicted molar refractivity (Wildman–Crippen MR) is 103 cm³/mol. The van der Waals surface area contributed by atoms with Crippen LogP contribution in [0.3, 0.4) is 0 Å². The van der Waals surface area contributed by atoms with Crippen molar-refractivity contribution >= 4 is 5.97 Å². The van der Waals surface area contributed by atoms with Gasteiger partial charge in [0.1, 0.15) is 17.6 Å². The molecule has 4 nitrogen and oxygen atoms in total. The molecule has 0 bridgehead atoms. The lowest BCUT2D eigenvalue weighted by Crippen LogP contribution is -2.86. The number of quaternary nitrogens is 1. The highest BCUT2D eigenvalue weighted by Crippen LogP contribution is 2.70. The zero-order valence-corrected chi connectivity index (χ0v) is 17.0. The van der Waals surface area contributed by atoms with Gasteiger partial charge < -0.3 is 14.8 Å². The summed E-state index contributed by atoms with van der Waals surface area (Å²) >= 11 is 0. The molecule has 1 spiro atoms. The van der Waals surface area contributed by atoms with E-state index in [2.05, 4.69) is 25.2 Å². The van der Waals surface area contributed by atoms with Crippen molar-refractivity contribution < 1.29 is 19.6 Å². The van der Waals surface area contributed by atoms with Gasteiger partial charge in [0, 0.05) is 17.8 Å². The van der Waals surface area contributed by atoms with Crippen molar-refractivity contribution in [1.29, 1.82) is 0 Å². The van der Waals surface area contributed by atoms with E-state index in [1.54, 1.807) is 5.57 Å². The zero-order valence-electron chi connectivity index (χ0n) is 17.0. The molecule has 0 aromatic heterocycles. The average Bonchev–Trinajstić information content (AvgIpc) is 3.34. The van der Waals surface area contributed by atoms with Crippen molar-refractivity contribution in [2.75, 3.05) is 13.1 Å². The quantitative estimate of drug-likeness (QED) is 0.348. The lowest BCUT2D eigenvalue weighted by atomic mass is 9.53. The molecule has 5 rings (SSSR count). The van der Waals surface area contributed by atoms with Crippen LogP contribution in [0.15, 0.2) is 11.6 Å². The Balaban J connectivity index is 1.23. The number of hydrogen-bond acceptors (Lipinski definition) is 3. The molecule has 4 fully saturated rings. The van der Waals surface area contributed by atoms with Crippen LogP contribution in [0.2, 0.25) is 0 Å². The molecule has 5 aliphatic rings. The van der Waals surface area contributed by atoms with Gasteiger partial charge in [-0.05, 0) is 50.9 Å². The molecule has 0 radical (unpaired) electrons. The number of nitrogens with two attached hydrogens (primary N) is 1. The van der Waals surface area contributed by atoms with Crippen LogP contribution in [-0.4, -0.2) is 36.9 Å². The minimum Gasteiger partial charge on any atom is -0.462 e. The summed E-state index contributed by atoms with van der Waals surface area (Å²) in [6.07, 6.45) is 14.0. The SMILES string of the molecule is C[C@H]1CCC[C@]2(C)C[C@H]3OC(=O)[C@H](C[NH2+]CCC4=CCCCC4)[C@H]3[C@@H]3O[C@@]132. The molecule has 0 aromatic carbocycles. The monoisotopic (exact) mass is 374 g/mol. The third-order valence-corrected chi connectivity index (χ3v) is 8.67. The number of carbonyl (C=O) groups excluding carboxylic acids is 1. The van der Waals surface area contributed by atoms with Gasteiger partial charge in [-0.15, -0.1) is 0 Å². The number of esters is 1. The second-order valence-corrected chi connectivity index (χ2v) is 10.2. The van der Waals surface area contributed by atoms with Crippen molar-refractivity contribution in [3.63, 3.8) is 0 Å². The number of hydrogen-bond donors (Lipinski definition) is 1. The number of allylic oxidation sites excluding steroid dienone is 1. The van der Waals surface area contributed by atoms with Gasteiger partial charge in [-0.2, -0.15) is 0 Å². The Morgan fingerprint density at radius 1 is 1.30 bits per heavy atom. The van der Waals surface area contributed by atoms with Gasteiger partial charge in [0.25, 0.3) is 0 Å². The Hall–Kier alpha value is -0.870. The number of carbonyl (C=O) groups is 1. The second-order valence-electron chi connectivity index (χ2n) is 10.2. The van der Waals surface area contributed by atoms with Gasteiger partial charge in [-0.25, -0.2) is 0 Å². The number of ether oxygens (including phenoxy) is 2. The topological polar surface area (TPSA) is 55.4 Å². The summed E-state index contributed by atoms with van der Waals surface area (Å²) in [4.78, 5) is 12.7. The first-order chi connectivity index (χ1) is 13.1. The first-order valence-electron chi connectivity index (χ1n) is 11.4. The van der Waals surface area contributed by atoms with Gasteiger partial charge in [0.15, 0.2) is 0 Å². The summed E-state index contributed by atoms with van der Waals surface area (Å²) in [6.45, 7) is 6.73. The maximum Gasteiger partial charge on any atom is 0.315 e. The standard InChI is InChI=1S/C23H35NO3/c1-15-7-6-11-22(2)13-18-19(20-23(15,22)27-20)17(21(25)26-18)14-24-12-10-16-8-4-3-5-9-16/h8,15,17-20,24H,3-7,9-14H2,1-2H3/p+1/t15-,17+,18+,19+,20-,22+,23-/m0/s1. The van der Waals surface area contributed by atoms with Crippen LogP contribution in [-0.2, 0) is 14.3 Å². The number of fused-ring (bicyclic) bond motifs is 2. The summed E-state index contributed by atoms with van der Waals surface area (Å²) in [5, 5.41) is 2.36. The van der Waals surface area contributed by atoms with Crippen LogP contribution in [0.1, 0.15) is 71.6 Å². The fourth-order valence-corrected chi connectivity index (χ4v) is 7.22. The van der Waals surface area contributed by atoms with Crippen LogP contribution in [0, 0.1) is 23.2 Å². The lowest BCUT2D eigenvalue weighted by Gasteiger charge is -2.48. The molecule has 2 heterocycles. The van der Waals surface area contributed by atoms with Crippen LogP contribution in [0.5, 0.6) is 0 Å². The van der Waals surface area contributed by atoms with Crippen molar-refractivity contribution in [1.82, 2.24) is 0 Å². The van der Waals surface area contributed by atoms with E-state index in [1.165, 1.54) is 51.4 Å². The minimum absolute atomic E-state index is 0.0263. The van der Waals surface area contributed by atoms with E-state index >= 15 is 0 Å². The number of epoxide rings is 1. The summed E-state index contributed by atoms with van der Waals surface area (Å²) < 4.78 is 12.4. The van der Waals surface area contributed by atoms with E-state index < -0.39 is 0 Å².